The number of thiazole rings is 1. The fourth-order valence-electron chi connectivity index (χ4n) is 3.19. The number of fused-ring (bicyclic) bond motifs is 2. The molecule has 2 heterocycles. The lowest BCUT2D eigenvalue weighted by Gasteiger charge is -2.17. The lowest BCUT2D eigenvalue weighted by Crippen LogP contribution is -2.30. The number of benzene rings is 2. The van der Waals surface area contributed by atoms with Crippen LogP contribution in [0.25, 0.3) is 21.1 Å². The maximum Gasteiger partial charge on any atom is 0.258 e. The van der Waals surface area contributed by atoms with Crippen molar-refractivity contribution >= 4 is 43.5 Å². The molecule has 0 saturated carbocycles. The quantitative estimate of drug-likeness (QED) is 0.540. The minimum Gasteiger partial charge on any atom is -0.310 e. The number of para-hydroxylation sites is 2. The second kappa shape index (κ2) is 7.90. The van der Waals surface area contributed by atoms with Crippen molar-refractivity contribution < 1.29 is 4.79 Å². The molecular formula is C21H20N4O2S. The van der Waals surface area contributed by atoms with E-state index in [0.717, 1.165) is 15.3 Å². The van der Waals surface area contributed by atoms with Crippen LogP contribution in [0.2, 0.25) is 0 Å². The predicted molar refractivity (Wildman–Crippen MR) is 113 cm³/mol. The van der Waals surface area contributed by atoms with E-state index < -0.39 is 0 Å². The molecule has 28 heavy (non-hydrogen) atoms. The molecule has 0 aliphatic rings. The summed E-state index contributed by atoms with van der Waals surface area (Å²) in [5.74, 6) is 0.643. The monoisotopic (exact) mass is 392 g/mol. The number of nitrogens with one attached hydrogen (secondary N) is 1. The topological polar surface area (TPSA) is 79.0 Å². The van der Waals surface area contributed by atoms with Gasteiger partial charge in [0.05, 0.1) is 21.1 Å². The summed E-state index contributed by atoms with van der Waals surface area (Å²) in [4.78, 5) is 38.5. The molecule has 1 N–H and O–H groups in total. The number of aryl methyl sites for hydroxylation is 1. The van der Waals surface area contributed by atoms with E-state index in [1.807, 2.05) is 49.4 Å². The van der Waals surface area contributed by atoms with Crippen molar-refractivity contribution in [2.24, 2.45) is 0 Å². The van der Waals surface area contributed by atoms with Crippen LogP contribution in [0.15, 0.2) is 53.3 Å². The molecule has 2 aromatic heterocycles. The third-order valence-corrected chi connectivity index (χ3v) is 5.66. The normalized spacial score (nSPS) is 11.2. The Hall–Kier alpha value is -3.06. The molecule has 0 radical (unpaired) electrons. The van der Waals surface area contributed by atoms with E-state index in [1.165, 1.54) is 11.3 Å². The van der Waals surface area contributed by atoms with Crippen LogP contribution < -0.4 is 10.5 Å². The molecule has 7 heteroatoms. The van der Waals surface area contributed by atoms with Gasteiger partial charge in [-0.15, -0.1) is 0 Å². The van der Waals surface area contributed by atoms with E-state index in [9.17, 15) is 9.59 Å². The van der Waals surface area contributed by atoms with Gasteiger partial charge in [-0.05, 0) is 37.6 Å². The first-order chi connectivity index (χ1) is 13.7. The van der Waals surface area contributed by atoms with E-state index in [-0.39, 0.29) is 11.5 Å². The Morgan fingerprint density at radius 1 is 1.07 bits per heavy atom. The Balaban J connectivity index is 1.44. The van der Waals surface area contributed by atoms with Crippen LogP contribution in [-0.2, 0) is 11.2 Å². The fraction of sp³-hybridized carbons (Fsp3) is 0.238. The average Bonchev–Trinajstić information content (AvgIpc) is 3.12. The van der Waals surface area contributed by atoms with Gasteiger partial charge in [0.2, 0.25) is 5.91 Å². The summed E-state index contributed by atoms with van der Waals surface area (Å²) in [7, 11) is 0. The third kappa shape index (κ3) is 3.66. The Morgan fingerprint density at radius 3 is 2.61 bits per heavy atom. The molecule has 0 aliphatic carbocycles. The first kappa shape index (κ1) is 18.3. The smallest absolute Gasteiger partial charge is 0.258 e. The van der Waals surface area contributed by atoms with Crippen molar-refractivity contribution in [3.63, 3.8) is 0 Å². The van der Waals surface area contributed by atoms with Gasteiger partial charge in [0.1, 0.15) is 5.82 Å². The number of H-pyrrole nitrogens is 1. The van der Waals surface area contributed by atoms with E-state index >= 15 is 0 Å². The highest BCUT2D eigenvalue weighted by molar-refractivity contribution is 7.22. The number of hydrogen-bond acceptors (Lipinski definition) is 5. The highest BCUT2D eigenvalue weighted by Gasteiger charge is 2.17. The van der Waals surface area contributed by atoms with E-state index in [1.54, 1.807) is 11.0 Å². The standard InChI is InChI=1S/C21H20N4O2S/c1-2-25(21-23-16-10-5-6-11-17(16)28-21)19(26)13-7-12-18-22-15-9-4-3-8-14(15)20(27)24-18/h3-6,8-11H,2,7,12-13H2,1H3,(H,22,24,27). The summed E-state index contributed by atoms with van der Waals surface area (Å²) in [6.45, 7) is 2.52. The number of carbonyl (C=O) groups is 1. The fourth-order valence-corrected chi connectivity index (χ4v) is 4.24. The van der Waals surface area contributed by atoms with E-state index in [2.05, 4.69) is 15.0 Å². The van der Waals surface area contributed by atoms with Gasteiger partial charge in [0.25, 0.3) is 5.56 Å². The number of rotatable bonds is 6. The van der Waals surface area contributed by atoms with Crippen molar-refractivity contribution in [3.8, 4) is 0 Å². The van der Waals surface area contributed by atoms with Crippen molar-refractivity contribution in [2.45, 2.75) is 26.2 Å². The van der Waals surface area contributed by atoms with Crippen LogP contribution in [0.5, 0.6) is 0 Å². The van der Waals surface area contributed by atoms with Gasteiger partial charge >= 0.3 is 0 Å². The van der Waals surface area contributed by atoms with Crippen LogP contribution >= 0.6 is 11.3 Å². The summed E-state index contributed by atoms with van der Waals surface area (Å²) in [5, 5.41) is 1.31. The Morgan fingerprint density at radius 2 is 1.82 bits per heavy atom. The zero-order chi connectivity index (χ0) is 19.5. The lowest BCUT2D eigenvalue weighted by molar-refractivity contribution is -0.118. The molecule has 0 unspecified atom stereocenters. The van der Waals surface area contributed by atoms with Gasteiger partial charge in [-0.1, -0.05) is 35.6 Å². The predicted octanol–water partition coefficient (Wildman–Crippen LogP) is 3.91. The summed E-state index contributed by atoms with van der Waals surface area (Å²) in [6.07, 6.45) is 1.53. The molecule has 0 atom stereocenters. The first-order valence-corrected chi connectivity index (χ1v) is 10.1. The summed E-state index contributed by atoms with van der Waals surface area (Å²) in [5.41, 5.74) is 1.44. The molecule has 0 bridgehead atoms. The highest BCUT2D eigenvalue weighted by Crippen LogP contribution is 2.29. The number of carbonyl (C=O) groups excluding carboxylic acids is 1. The van der Waals surface area contributed by atoms with Crippen molar-refractivity contribution in [3.05, 3.63) is 64.7 Å². The number of nitrogens with zero attached hydrogens (tertiary/aromatic N) is 3. The largest absolute Gasteiger partial charge is 0.310 e. The van der Waals surface area contributed by atoms with Gasteiger partial charge in [0.15, 0.2) is 5.13 Å². The molecule has 0 aliphatic heterocycles. The van der Waals surface area contributed by atoms with Crippen LogP contribution in [0.4, 0.5) is 5.13 Å². The Bertz CT molecular complexity index is 1160. The Labute approximate surface area is 165 Å². The average molecular weight is 392 g/mol. The van der Waals surface area contributed by atoms with Crippen molar-refractivity contribution in [1.82, 2.24) is 15.0 Å². The number of hydrogen-bond donors (Lipinski definition) is 1. The van der Waals surface area contributed by atoms with Crippen LogP contribution in [0, 0.1) is 0 Å². The van der Waals surface area contributed by atoms with Gasteiger partial charge in [-0.2, -0.15) is 0 Å². The maximum atomic E-state index is 12.7. The third-order valence-electron chi connectivity index (χ3n) is 4.60. The molecule has 0 spiro atoms. The molecular weight excluding hydrogens is 372 g/mol. The van der Waals surface area contributed by atoms with E-state index in [0.29, 0.717) is 42.5 Å². The van der Waals surface area contributed by atoms with Gasteiger partial charge in [-0.25, -0.2) is 9.97 Å². The first-order valence-electron chi connectivity index (χ1n) is 9.29. The van der Waals surface area contributed by atoms with Gasteiger partial charge in [0, 0.05) is 19.4 Å². The molecule has 2 aromatic carbocycles. The minimum absolute atomic E-state index is 0.0321. The van der Waals surface area contributed by atoms with E-state index in [4.69, 9.17) is 0 Å². The minimum atomic E-state index is -0.142. The number of amides is 1. The van der Waals surface area contributed by atoms with Crippen molar-refractivity contribution in [1.29, 1.82) is 0 Å². The lowest BCUT2D eigenvalue weighted by atomic mass is 10.2. The molecule has 4 rings (SSSR count). The summed E-state index contributed by atoms with van der Waals surface area (Å²) >= 11 is 1.53. The molecule has 6 nitrogen and oxygen atoms in total. The maximum absolute atomic E-state index is 12.7. The number of aromatic amines is 1. The molecule has 142 valence electrons. The van der Waals surface area contributed by atoms with Crippen LogP contribution in [-0.4, -0.2) is 27.4 Å². The number of anilines is 1. The Kier molecular flexibility index (Phi) is 5.16. The van der Waals surface area contributed by atoms with Crippen molar-refractivity contribution in [2.75, 3.05) is 11.4 Å². The summed E-state index contributed by atoms with van der Waals surface area (Å²) < 4.78 is 1.07. The highest BCUT2D eigenvalue weighted by atomic mass is 32.1. The zero-order valence-corrected chi connectivity index (χ0v) is 16.3. The second-order valence-corrected chi connectivity index (χ2v) is 7.49. The number of aromatic nitrogens is 3. The van der Waals surface area contributed by atoms with Crippen LogP contribution in [0.1, 0.15) is 25.6 Å². The molecule has 4 aromatic rings. The van der Waals surface area contributed by atoms with Gasteiger partial charge in [-0.3, -0.25) is 14.5 Å². The molecule has 0 fully saturated rings. The summed E-state index contributed by atoms with van der Waals surface area (Å²) in [6, 6.07) is 15.1. The zero-order valence-electron chi connectivity index (χ0n) is 15.5. The van der Waals surface area contributed by atoms with Crippen LogP contribution in [0.3, 0.4) is 0 Å². The van der Waals surface area contributed by atoms with Gasteiger partial charge < -0.3 is 4.98 Å². The molecule has 1 amide bonds. The second-order valence-electron chi connectivity index (χ2n) is 6.49. The SMILES string of the molecule is CCN(C(=O)CCCc1nc2ccccc2c(=O)[nH]1)c1nc2ccccc2s1. The molecule has 0 saturated heterocycles.